The lowest BCUT2D eigenvalue weighted by atomic mass is 10.3. The number of aromatic carboxylic acids is 1. The number of hydrogen-bond acceptors (Lipinski definition) is 3. The molecular formula is C12H11FN2O3. The summed E-state index contributed by atoms with van der Waals surface area (Å²) in [5, 5.41) is 12.7. The minimum atomic E-state index is -1.14. The molecule has 1 aromatic carbocycles. The van der Waals surface area contributed by atoms with Crippen LogP contribution in [0, 0.1) is 12.7 Å². The van der Waals surface area contributed by atoms with E-state index >= 15 is 0 Å². The van der Waals surface area contributed by atoms with Gasteiger partial charge >= 0.3 is 5.97 Å². The SMILES string of the molecule is COc1ccc(F)c(-n2cc(C)c(C(=O)O)n2)c1. The number of ether oxygens (including phenoxy) is 1. The number of carboxylic acid groups (broad SMARTS) is 1. The van der Waals surface area contributed by atoms with Gasteiger partial charge in [0.15, 0.2) is 5.69 Å². The predicted molar refractivity (Wildman–Crippen MR) is 61.8 cm³/mol. The molecule has 0 spiro atoms. The maximum Gasteiger partial charge on any atom is 0.356 e. The maximum atomic E-state index is 13.7. The smallest absolute Gasteiger partial charge is 0.356 e. The Balaban J connectivity index is 2.54. The number of aryl methyl sites for hydroxylation is 1. The van der Waals surface area contributed by atoms with Crippen molar-refractivity contribution in [2.24, 2.45) is 0 Å². The highest BCUT2D eigenvalue weighted by Crippen LogP contribution is 2.21. The number of nitrogens with zero attached hydrogens (tertiary/aromatic N) is 2. The first-order valence-electron chi connectivity index (χ1n) is 5.16. The highest BCUT2D eigenvalue weighted by Gasteiger charge is 2.15. The van der Waals surface area contributed by atoms with Gasteiger partial charge in [0, 0.05) is 17.8 Å². The molecule has 0 atom stereocenters. The van der Waals surface area contributed by atoms with E-state index in [0.717, 1.165) is 0 Å². The molecule has 1 heterocycles. The van der Waals surface area contributed by atoms with Crippen LogP contribution in [-0.2, 0) is 0 Å². The standard InChI is InChI=1S/C12H11FN2O3/c1-7-6-15(14-11(7)12(16)17)10-5-8(18-2)3-4-9(10)13/h3-6H,1-2H3,(H,16,17). The number of hydrogen-bond donors (Lipinski definition) is 1. The van der Waals surface area contributed by atoms with Crippen molar-refractivity contribution in [2.45, 2.75) is 6.92 Å². The monoisotopic (exact) mass is 250 g/mol. The summed E-state index contributed by atoms with van der Waals surface area (Å²) in [6.07, 6.45) is 1.46. The van der Waals surface area contributed by atoms with Crippen molar-refractivity contribution >= 4 is 5.97 Å². The van der Waals surface area contributed by atoms with Crippen LogP contribution in [0.15, 0.2) is 24.4 Å². The van der Waals surface area contributed by atoms with E-state index in [1.165, 1.54) is 36.2 Å². The second-order valence-corrected chi connectivity index (χ2v) is 3.73. The van der Waals surface area contributed by atoms with Gasteiger partial charge in [-0.15, -0.1) is 0 Å². The van der Waals surface area contributed by atoms with Crippen molar-refractivity contribution in [3.8, 4) is 11.4 Å². The predicted octanol–water partition coefficient (Wildman–Crippen LogP) is 2.03. The summed E-state index contributed by atoms with van der Waals surface area (Å²) in [6.45, 7) is 1.60. The molecule has 1 aromatic heterocycles. The third-order valence-electron chi connectivity index (χ3n) is 2.50. The van der Waals surface area contributed by atoms with E-state index in [0.29, 0.717) is 11.3 Å². The fraction of sp³-hybridized carbons (Fsp3) is 0.167. The molecule has 2 rings (SSSR count). The molecule has 0 radical (unpaired) electrons. The molecule has 0 unspecified atom stereocenters. The van der Waals surface area contributed by atoms with Crippen molar-refractivity contribution < 1.29 is 19.0 Å². The zero-order valence-corrected chi connectivity index (χ0v) is 9.85. The van der Waals surface area contributed by atoms with Gasteiger partial charge in [-0.1, -0.05) is 0 Å². The van der Waals surface area contributed by atoms with Crippen LogP contribution in [0.2, 0.25) is 0 Å². The Hall–Kier alpha value is -2.37. The van der Waals surface area contributed by atoms with Gasteiger partial charge in [0.1, 0.15) is 17.3 Å². The van der Waals surface area contributed by atoms with Crippen LogP contribution < -0.4 is 4.74 Å². The largest absolute Gasteiger partial charge is 0.497 e. The zero-order valence-electron chi connectivity index (χ0n) is 9.85. The van der Waals surface area contributed by atoms with Crippen LogP contribution in [0.5, 0.6) is 5.75 Å². The van der Waals surface area contributed by atoms with Crippen molar-refractivity contribution in [1.29, 1.82) is 0 Å². The molecule has 0 fully saturated rings. The summed E-state index contributed by atoms with van der Waals surface area (Å²) < 4.78 is 19.9. The molecule has 18 heavy (non-hydrogen) atoms. The molecule has 0 amide bonds. The number of halogens is 1. The molecule has 94 valence electrons. The van der Waals surface area contributed by atoms with Crippen molar-refractivity contribution in [3.63, 3.8) is 0 Å². The van der Waals surface area contributed by atoms with Crippen molar-refractivity contribution in [1.82, 2.24) is 9.78 Å². The molecule has 6 heteroatoms. The molecular weight excluding hydrogens is 239 g/mol. The summed E-state index contributed by atoms with van der Waals surface area (Å²) in [5.74, 6) is -1.18. The Kier molecular flexibility index (Phi) is 3.01. The van der Waals surface area contributed by atoms with Gasteiger partial charge in [-0.05, 0) is 19.1 Å². The van der Waals surface area contributed by atoms with Crippen molar-refractivity contribution in [3.05, 3.63) is 41.5 Å². The summed E-state index contributed by atoms with van der Waals surface area (Å²) in [4.78, 5) is 10.9. The van der Waals surface area contributed by atoms with Crippen LogP contribution in [0.4, 0.5) is 4.39 Å². The molecule has 1 N–H and O–H groups in total. The molecule has 2 aromatic rings. The molecule has 0 saturated carbocycles. The molecule has 5 nitrogen and oxygen atoms in total. The fourth-order valence-electron chi connectivity index (χ4n) is 1.59. The first kappa shape index (κ1) is 12.1. The third kappa shape index (κ3) is 2.04. The average Bonchev–Trinajstić information content (AvgIpc) is 2.72. The molecule has 0 aliphatic carbocycles. The first-order valence-corrected chi connectivity index (χ1v) is 5.16. The third-order valence-corrected chi connectivity index (χ3v) is 2.50. The number of carboxylic acids is 1. The summed E-state index contributed by atoms with van der Waals surface area (Å²) >= 11 is 0. The molecule has 0 aliphatic heterocycles. The minimum absolute atomic E-state index is 0.0998. The lowest BCUT2D eigenvalue weighted by Crippen LogP contribution is -2.03. The van der Waals surface area contributed by atoms with Gasteiger partial charge in [0.05, 0.1) is 7.11 Å². The second-order valence-electron chi connectivity index (χ2n) is 3.73. The van der Waals surface area contributed by atoms with E-state index in [-0.39, 0.29) is 11.4 Å². The van der Waals surface area contributed by atoms with E-state index < -0.39 is 11.8 Å². The van der Waals surface area contributed by atoms with Gasteiger partial charge < -0.3 is 9.84 Å². The average molecular weight is 250 g/mol. The summed E-state index contributed by atoms with van der Waals surface area (Å²) in [5.41, 5.74) is 0.506. The Bertz CT molecular complexity index is 607. The number of rotatable bonds is 3. The lowest BCUT2D eigenvalue weighted by molar-refractivity contribution is 0.0689. The van der Waals surface area contributed by atoms with E-state index in [2.05, 4.69) is 5.10 Å². The van der Waals surface area contributed by atoms with Gasteiger partial charge in [-0.2, -0.15) is 5.10 Å². The Morgan fingerprint density at radius 1 is 1.50 bits per heavy atom. The van der Waals surface area contributed by atoms with Gasteiger partial charge in [0.25, 0.3) is 0 Å². The Morgan fingerprint density at radius 3 is 2.78 bits per heavy atom. The topological polar surface area (TPSA) is 64.3 Å². The highest BCUT2D eigenvalue weighted by molar-refractivity contribution is 5.86. The second kappa shape index (κ2) is 4.48. The van der Waals surface area contributed by atoms with Crippen LogP contribution in [0.3, 0.4) is 0 Å². The van der Waals surface area contributed by atoms with Crippen LogP contribution in [0.1, 0.15) is 16.1 Å². The normalized spacial score (nSPS) is 10.4. The van der Waals surface area contributed by atoms with Crippen LogP contribution in [-0.4, -0.2) is 28.0 Å². The number of benzene rings is 1. The van der Waals surface area contributed by atoms with E-state index in [9.17, 15) is 9.18 Å². The van der Waals surface area contributed by atoms with Gasteiger partial charge in [0.2, 0.25) is 0 Å². The number of aromatic nitrogens is 2. The first-order chi connectivity index (χ1) is 8.52. The van der Waals surface area contributed by atoms with E-state index in [1.54, 1.807) is 6.92 Å². The minimum Gasteiger partial charge on any atom is -0.497 e. The Morgan fingerprint density at radius 2 is 2.22 bits per heavy atom. The van der Waals surface area contributed by atoms with E-state index in [1.807, 2.05) is 0 Å². The molecule has 0 bridgehead atoms. The Labute approximate surface area is 102 Å². The van der Waals surface area contributed by atoms with Crippen molar-refractivity contribution in [2.75, 3.05) is 7.11 Å². The van der Waals surface area contributed by atoms with Gasteiger partial charge in [-0.3, -0.25) is 0 Å². The summed E-state index contributed by atoms with van der Waals surface area (Å²) in [6, 6.07) is 4.17. The molecule has 0 saturated heterocycles. The van der Waals surface area contributed by atoms with Crippen LogP contribution in [0.25, 0.3) is 5.69 Å². The number of methoxy groups -OCH3 is 1. The molecule has 0 aliphatic rings. The maximum absolute atomic E-state index is 13.7. The van der Waals surface area contributed by atoms with Gasteiger partial charge in [-0.25, -0.2) is 13.9 Å². The quantitative estimate of drug-likeness (QED) is 0.905. The lowest BCUT2D eigenvalue weighted by Gasteiger charge is -2.05. The summed E-state index contributed by atoms with van der Waals surface area (Å²) in [7, 11) is 1.47. The number of carbonyl (C=O) groups is 1. The highest BCUT2D eigenvalue weighted by atomic mass is 19.1. The van der Waals surface area contributed by atoms with E-state index in [4.69, 9.17) is 9.84 Å². The fourth-order valence-corrected chi connectivity index (χ4v) is 1.59. The zero-order chi connectivity index (χ0) is 13.3. The van der Waals surface area contributed by atoms with Crippen LogP contribution >= 0.6 is 0 Å².